The molecule has 2 rings (SSSR count). The molecule has 1 aliphatic rings. The Bertz CT molecular complexity index is 453. The molecular weight excluding hydrogens is 266 g/mol. The van der Waals surface area contributed by atoms with Crippen LogP contribution in [0, 0.1) is 0 Å². The van der Waals surface area contributed by atoms with Crippen LogP contribution in [0.5, 0.6) is 5.75 Å². The van der Waals surface area contributed by atoms with Crippen molar-refractivity contribution in [1.82, 2.24) is 15.1 Å². The van der Waals surface area contributed by atoms with E-state index in [1.165, 1.54) is 0 Å². The molecule has 0 saturated carbocycles. The Morgan fingerprint density at radius 2 is 1.95 bits per heavy atom. The van der Waals surface area contributed by atoms with Crippen LogP contribution in [0.2, 0.25) is 0 Å². The number of carbonyl (C=O) groups is 1. The number of methoxy groups -OCH3 is 1. The van der Waals surface area contributed by atoms with Gasteiger partial charge in [-0.25, -0.2) is 4.79 Å². The normalized spacial score (nSPS) is 16.5. The number of benzene rings is 1. The van der Waals surface area contributed by atoms with Gasteiger partial charge in [-0.1, -0.05) is 12.1 Å². The van der Waals surface area contributed by atoms with E-state index in [1.807, 2.05) is 36.2 Å². The molecule has 1 heterocycles. The summed E-state index contributed by atoms with van der Waals surface area (Å²) in [5, 5.41) is 2.98. The largest absolute Gasteiger partial charge is 0.497 e. The zero-order valence-corrected chi connectivity index (χ0v) is 13.1. The summed E-state index contributed by atoms with van der Waals surface area (Å²) in [5.41, 5.74) is 1.07. The second kappa shape index (κ2) is 7.31. The Labute approximate surface area is 126 Å². The number of nitrogens with one attached hydrogen (secondary N) is 1. The van der Waals surface area contributed by atoms with Gasteiger partial charge in [0.15, 0.2) is 0 Å². The van der Waals surface area contributed by atoms with Crippen molar-refractivity contribution in [3.63, 3.8) is 0 Å². The van der Waals surface area contributed by atoms with Crippen molar-refractivity contribution in [1.29, 1.82) is 0 Å². The van der Waals surface area contributed by atoms with E-state index in [0.29, 0.717) is 12.6 Å². The van der Waals surface area contributed by atoms with Gasteiger partial charge in [0.2, 0.25) is 0 Å². The molecule has 0 aromatic heterocycles. The number of likely N-dealkylation sites (tertiary alicyclic amines) is 1. The number of amides is 2. The minimum atomic E-state index is 0.000344. The van der Waals surface area contributed by atoms with Gasteiger partial charge in [-0.3, -0.25) is 0 Å². The lowest BCUT2D eigenvalue weighted by Gasteiger charge is -2.35. The standard InChI is InChI=1S/C16H25N3O2/c1-18-10-8-14(9-11-18)19(2)16(20)17-12-13-4-6-15(21-3)7-5-13/h4-7,14H,8-12H2,1-3H3,(H,17,20). The third-order valence-electron chi connectivity index (χ3n) is 4.16. The van der Waals surface area contributed by atoms with E-state index >= 15 is 0 Å². The van der Waals surface area contributed by atoms with Crippen molar-refractivity contribution in [2.75, 3.05) is 34.3 Å². The van der Waals surface area contributed by atoms with Crippen molar-refractivity contribution in [3.05, 3.63) is 29.8 Å². The second-order valence-electron chi connectivity index (χ2n) is 5.65. The quantitative estimate of drug-likeness (QED) is 0.922. The van der Waals surface area contributed by atoms with Crippen LogP contribution in [0.25, 0.3) is 0 Å². The lowest BCUT2D eigenvalue weighted by atomic mass is 10.0. The monoisotopic (exact) mass is 291 g/mol. The van der Waals surface area contributed by atoms with Crippen molar-refractivity contribution in [2.24, 2.45) is 0 Å². The molecule has 0 spiro atoms. The van der Waals surface area contributed by atoms with Crippen LogP contribution in [-0.2, 0) is 6.54 Å². The van der Waals surface area contributed by atoms with E-state index in [4.69, 9.17) is 4.74 Å². The fourth-order valence-electron chi connectivity index (χ4n) is 2.59. The van der Waals surface area contributed by atoms with Gasteiger partial charge in [-0.05, 0) is 50.7 Å². The third-order valence-corrected chi connectivity index (χ3v) is 4.16. The molecule has 21 heavy (non-hydrogen) atoms. The molecule has 0 unspecified atom stereocenters. The van der Waals surface area contributed by atoms with Crippen molar-refractivity contribution >= 4 is 6.03 Å². The van der Waals surface area contributed by atoms with Crippen LogP contribution < -0.4 is 10.1 Å². The molecule has 5 heteroatoms. The fourth-order valence-corrected chi connectivity index (χ4v) is 2.59. The van der Waals surface area contributed by atoms with E-state index in [1.54, 1.807) is 7.11 Å². The maximum Gasteiger partial charge on any atom is 0.317 e. The Hall–Kier alpha value is -1.75. The Morgan fingerprint density at radius 1 is 1.33 bits per heavy atom. The molecule has 116 valence electrons. The molecule has 2 amide bonds. The topological polar surface area (TPSA) is 44.8 Å². The minimum absolute atomic E-state index is 0.000344. The molecule has 5 nitrogen and oxygen atoms in total. The average molecular weight is 291 g/mol. The van der Waals surface area contributed by atoms with Gasteiger partial charge in [0.25, 0.3) is 0 Å². The summed E-state index contributed by atoms with van der Waals surface area (Å²) in [6.45, 7) is 2.65. The number of nitrogens with zero attached hydrogens (tertiary/aromatic N) is 2. The first-order valence-electron chi connectivity index (χ1n) is 7.42. The maximum absolute atomic E-state index is 12.2. The third kappa shape index (κ3) is 4.36. The van der Waals surface area contributed by atoms with E-state index in [-0.39, 0.29) is 6.03 Å². The Morgan fingerprint density at radius 3 is 2.52 bits per heavy atom. The van der Waals surface area contributed by atoms with Crippen molar-refractivity contribution in [2.45, 2.75) is 25.4 Å². The number of piperidine rings is 1. The lowest BCUT2D eigenvalue weighted by Crippen LogP contribution is -2.47. The Kier molecular flexibility index (Phi) is 5.44. The van der Waals surface area contributed by atoms with Crippen LogP contribution in [0.4, 0.5) is 4.79 Å². The van der Waals surface area contributed by atoms with Gasteiger partial charge < -0.3 is 19.9 Å². The van der Waals surface area contributed by atoms with Gasteiger partial charge in [0.1, 0.15) is 5.75 Å². The van der Waals surface area contributed by atoms with Crippen LogP contribution in [0.3, 0.4) is 0 Å². The summed E-state index contributed by atoms with van der Waals surface area (Å²) in [4.78, 5) is 16.3. The molecule has 1 aliphatic heterocycles. The molecule has 0 aliphatic carbocycles. The zero-order valence-electron chi connectivity index (χ0n) is 13.1. The highest BCUT2D eigenvalue weighted by Crippen LogP contribution is 2.14. The highest BCUT2D eigenvalue weighted by molar-refractivity contribution is 5.74. The van der Waals surface area contributed by atoms with Crippen LogP contribution in [0.1, 0.15) is 18.4 Å². The van der Waals surface area contributed by atoms with E-state index in [2.05, 4.69) is 17.3 Å². The molecule has 1 aromatic carbocycles. The summed E-state index contributed by atoms with van der Waals surface area (Å²) in [6.07, 6.45) is 2.09. The summed E-state index contributed by atoms with van der Waals surface area (Å²) >= 11 is 0. The number of ether oxygens (including phenoxy) is 1. The molecule has 0 bridgehead atoms. The van der Waals surface area contributed by atoms with Gasteiger partial charge in [0.05, 0.1) is 7.11 Å². The van der Waals surface area contributed by atoms with E-state index in [9.17, 15) is 4.79 Å². The Balaban J connectivity index is 1.80. The second-order valence-corrected chi connectivity index (χ2v) is 5.65. The van der Waals surface area contributed by atoms with Gasteiger partial charge in [-0.2, -0.15) is 0 Å². The van der Waals surface area contributed by atoms with Gasteiger partial charge >= 0.3 is 6.03 Å². The number of hydrogen-bond acceptors (Lipinski definition) is 3. The molecule has 0 atom stereocenters. The zero-order chi connectivity index (χ0) is 15.2. The average Bonchev–Trinajstić information content (AvgIpc) is 2.53. The SMILES string of the molecule is COc1ccc(CNC(=O)N(C)C2CCN(C)CC2)cc1. The number of urea groups is 1. The predicted octanol–water partition coefficient (Wildman–Crippen LogP) is 1.93. The highest BCUT2D eigenvalue weighted by atomic mass is 16.5. The summed E-state index contributed by atoms with van der Waals surface area (Å²) in [6, 6.07) is 8.09. The van der Waals surface area contributed by atoms with E-state index < -0.39 is 0 Å². The minimum Gasteiger partial charge on any atom is -0.497 e. The number of rotatable bonds is 4. The van der Waals surface area contributed by atoms with Crippen LogP contribution in [-0.4, -0.2) is 56.2 Å². The fraction of sp³-hybridized carbons (Fsp3) is 0.562. The first-order valence-corrected chi connectivity index (χ1v) is 7.42. The maximum atomic E-state index is 12.2. The lowest BCUT2D eigenvalue weighted by molar-refractivity contribution is 0.147. The van der Waals surface area contributed by atoms with Gasteiger partial charge in [0, 0.05) is 19.6 Å². The molecule has 1 fully saturated rings. The number of carbonyl (C=O) groups excluding carboxylic acids is 1. The van der Waals surface area contributed by atoms with Crippen LogP contribution in [0.15, 0.2) is 24.3 Å². The smallest absolute Gasteiger partial charge is 0.317 e. The first-order chi connectivity index (χ1) is 10.1. The summed E-state index contributed by atoms with van der Waals surface area (Å²) < 4.78 is 5.12. The molecular formula is C16H25N3O2. The molecule has 0 radical (unpaired) electrons. The predicted molar refractivity (Wildman–Crippen MR) is 83.5 cm³/mol. The van der Waals surface area contributed by atoms with Crippen molar-refractivity contribution < 1.29 is 9.53 Å². The van der Waals surface area contributed by atoms with Gasteiger partial charge in [-0.15, -0.1) is 0 Å². The highest BCUT2D eigenvalue weighted by Gasteiger charge is 2.23. The van der Waals surface area contributed by atoms with E-state index in [0.717, 1.165) is 37.2 Å². The van der Waals surface area contributed by atoms with Crippen LogP contribution >= 0.6 is 0 Å². The molecule has 1 aromatic rings. The molecule has 1 saturated heterocycles. The summed E-state index contributed by atoms with van der Waals surface area (Å²) in [7, 11) is 5.66. The first kappa shape index (κ1) is 15.6. The molecule has 1 N–H and O–H groups in total. The summed E-state index contributed by atoms with van der Waals surface area (Å²) in [5.74, 6) is 0.827. The van der Waals surface area contributed by atoms with Crippen molar-refractivity contribution in [3.8, 4) is 5.75 Å². The number of hydrogen-bond donors (Lipinski definition) is 1.